The summed E-state index contributed by atoms with van der Waals surface area (Å²) in [6, 6.07) is 19.7. The van der Waals surface area contributed by atoms with Crippen LogP contribution in [0, 0.1) is 0 Å². The largest absolute Gasteiger partial charge is 0.497 e. The van der Waals surface area contributed by atoms with E-state index in [-0.39, 0.29) is 5.91 Å². The lowest BCUT2D eigenvalue weighted by molar-refractivity contribution is -0.121. The molecule has 158 valence electrons. The monoisotopic (exact) mass is 432 g/mol. The highest BCUT2D eigenvalue weighted by Gasteiger charge is 2.30. The Kier molecular flexibility index (Phi) is 5.86. The van der Waals surface area contributed by atoms with E-state index < -0.39 is 0 Å². The highest BCUT2D eigenvalue weighted by atomic mass is 32.2. The van der Waals surface area contributed by atoms with Crippen LogP contribution in [0.4, 0.5) is 11.4 Å². The molecule has 0 bridgehead atoms. The van der Waals surface area contributed by atoms with Crippen molar-refractivity contribution in [3.05, 3.63) is 77.5 Å². The average Bonchev–Trinajstić information content (AvgIpc) is 3.35. The zero-order valence-corrected chi connectivity index (χ0v) is 18.8. The predicted octanol–water partition coefficient (Wildman–Crippen LogP) is 4.79. The molecule has 1 aliphatic rings. The Morgan fingerprint density at radius 3 is 2.39 bits per heavy atom. The standard InChI is InChI=1S/C24H24N4O2S/c1-26(2)18-9-7-17(8-10-18)25-24-27(3)23(29)22(31-24)16-20-6-5-15-28(20)19-11-13-21(30-4)14-12-19/h5-16H,1-4H3/b22-16-,25-24?. The van der Waals surface area contributed by atoms with Crippen LogP contribution in [0.3, 0.4) is 0 Å². The summed E-state index contributed by atoms with van der Waals surface area (Å²) in [6.45, 7) is 0. The SMILES string of the molecule is COc1ccc(-n2cccc2/C=C2\SC(=Nc3ccc(N(C)C)cc3)N(C)C2=O)cc1. The van der Waals surface area contributed by atoms with Gasteiger partial charge in [0.25, 0.3) is 5.91 Å². The molecule has 2 heterocycles. The van der Waals surface area contributed by atoms with Gasteiger partial charge < -0.3 is 14.2 Å². The minimum atomic E-state index is -0.0591. The number of rotatable bonds is 5. The van der Waals surface area contributed by atoms with Crippen molar-refractivity contribution in [1.82, 2.24) is 9.47 Å². The number of amides is 1. The van der Waals surface area contributed by atoms with Crippen LogP contribution in [0.2, 0.25) is 0 Å². The number of hydrogen-bond donors (Lipinski definition) is 0. The fourth-order valence-electron chi connectivity index (χ4n) is 3.21. The Labute approximate surface area is 186 Å². The van der Waals surface area contributed by atoms with E-state index in [1.807, 2.05) is 96.5 Å². The Morgan fingerprint density at radius 1 is 1.03 bits per heavy atom. The highest BCUT2D eigenvalue weighted by molar-refractivity contribution is 8.18. The van der Waals surface area contributed by atoms with Gasteiger partial charge in [-0.3, -0.25) is 9.69 Å². The first-order valence-corrected chi connectivity index (χ1v) is 10.6. The number of anilines is 1. The van der Waals surface area contributed by atoms with Crippen molar-refractivity contribution in [2.75, 3.05) is 33.2 Å². The Morgan fingerprint density at radius 2 is 1.74 bits per heavy atom. The van der Waals surface area contributed by atoms with Crippen LogP contribution in [0.5, 0.6) is 5.75 Å². The van der Waals surface area contributed by atoms with Gasteiger partial charge in [-0.15, -0.1) is 0 Å². The Balaban J connectivity index is 1.60. The van der Waals surface area contributed by atoms with Crippen molar-refractivity contribution in [3.8, 4) is 11.4 Å². The molecule has 4 rings (SSSR count). The number of nitrogens with zero attached hydrogens (tertiary/aromatic N) is 4. The molecule has 3 aromatic rings. The van der Waals surface area contributed by atoms with Crippen LogP contribution in [0.15, 0.2) is 76.8 Å². The highest BCUT2D eigenvalue weighted by Crippen LogP contribution is 2.34. The lowest BCUT2D eigenvalue weighted by Gasteiger charge is -2.12. The summed E-state index contributed by atoms with van der Waals surface area (Å²) >= 11 is 1.38. The molecule has 1 saturated heterocycles. The van der Waals surface area contributed by atoms with Crippen LogP contribution in [-0.2, 0) is 4.79 Å². The minimum Gasteiger partial charge on any atom is -0.497 e. The van der Waals surface area contributed by atoms with Gasteiger partial charge in [-0.2, -0.15) is 0 Å². The second-order valence-corrected chi connectivity index (χ2v) is 8.29. The van der Waals surface area contributed by atoms with Gasteiger partial charge in [0.1, 0.15) is 5.75 Å². The summed E-state index contributed by atoms with van der Waals surface area (Å²) in [5.74, 6) is 0.745. The minimum absolute atomic E-state index is 0.0591. The van der Waals surface area contributed by atoms with Crippen LogP contribution < -0.4 is 9.64 Å². The molecule has 0 N–H and O–H groups in total. The number of thioether (sulfide) groups is 1. The van der Waals surface area contributed by atoms with Gasteiger partial charge in [0.05, 0.1) is 17.7 Å². The molecule has 0 radical (unpaired) electrons. The topological polar surface area (TPSA) is 50.1 Å². The van der Waals surface area contributed by atoms with Gasteiger partial charge >= 0.3 is 0 Å². The summed E-state index contributed by atoms with van der Waals surface area (Å²) in [5, 5.41) is 0.663. The molecule has 1 aromatic heterocycles. The first-order valence-electron chi connectivity index (χ1n) is 9.82. The molecule has 0 saturated carbocycles. The second-order valence-electron chi connectivity index (χ2n) is 7.28. The number of carbonyl (C=O) groups excluding carboxylic acids is 1. The maximum atomic E-state index is 12.8. The zero-order valence-electron chi connectivity index (χ0n) is 17.9. The predicted molar refractivity (Wildman–Crippen MR) is 129 cm³/mol. The molecule has 0 spiro atoms. The van der Waals surface area contributed by atoms with Gasteiger partial charge in [-0.25, -0.2) is 4.99 Å². The third kappa shape index (κ3) is 4.36. The van der Waals surface area contributed by atoms with Crippen molar-refractivity contribution >= 4 is 40.3 Å². The molecule has 0 unspecified atom stereocenters. The number of hydrogen-bond acceptors (Lipinski definition) is 5. The fraction of sp³-hybridized carbons (Fsp3) is 0.167. The van der Waals surface area contributed by atoms with Crippen LogP contribution in [0.25, 0.3) is 11.8 Å². The maximum Gasteiger partial charge on any atom is 0.266 e. The molecular formula is C24H24N4O2S. The molecule has 0 atom stereocenters. The molecule has 1 aliphatic heterocycles. The first-order chi connectivity index (χ1) is 15.0. The van der Waals surface area contributed by atoms with Gasteiger partial charge in [-0.05, 0) is 78.5 Å². The summed E-state index contributed by atoms with van der Waals surface area (Å²) < 4.78 is 7.28. The van der Waals surface area contributed by atoms with E-state index in [4.69, 9.17) is 4.74 Å². The van der Waals surface area contributed by atoms with Crippen LogP contribution in [-0.4, -0.2) is 48.8 Å². The quantitative estimate of drug-likeness (QED) is 0.544. The van der Waals surface area contributed by atoms with E-state index in [0.29, 0.717) is 10.1 Å². The summed E-state index contributed by atoms with van der Waals surface area (Å²) in [6.07, 6.45) is 3.88. The third-order valence-electron chi connectivity index (χ3n) is 5.00. The van der Waals surface area contributed by atoms with Gasteiger partial charge in [-0.1, -0.05) is 0 Å². The molecule has 6 nitrogen and oxygen atoms in total. The average molecular weight is 433 g/mol. The van der Waals surface area contributed by atoms with Crippen molar-refractivity contribution < 1.29 is 9.53 Å². The lowest BCUT2D eigenvalue weighted by atomic mass is 10.3. The number of benzene rings is 2. The van der Waals surface area contributed by atoms with E-state index in [2.05, 4.69) is 4.99 Å². The molecule has 2 aromatic carbocycles. The number of carbonyl (C=O) groups is 1. The van der Waals surface area contributed by atoms with E-state index in [9.17, 15) is 4.79 Å². The number of aliphatic imine (C=N–C) groups is 1. The maximum absolute atomic E-state index is 12.8. The van der Waals surface area contributed by atoms with Crippen LogP contribution in [0.1, 0.15) is 5.69 Å². The normalized spacial score (nSPS) is 16.4. The number of methoxy groups -OCH3 is 1. The van der Waals surface area contributed by atoms with Gasteiger partial charge in [0.2, 0.25) is 0 Å². The van der Waals surface area contributed by atoms with E-state index in [1.54, 1.807) is 19.1 Å². The summed E-state index contributed by atoms with van der Waals surface area (Å²) in [4.78, 5) is 21.8. The van der Waals surface area contributed by atoms with Crippen molar-refractivity contribution in [2.24, 2.45) is 4.99 Å². The zero-order chi connectivity index (χ0) is 22.0. The van der Waals surface area contributed by atoms with Crippen molar-refractivity contribution in [2.45, 2.75) is 0 Å². The Hall–Kier alpha value is -3.45. The van der Waals surface area contributed by atoms with E-state index in [0.717, 1.165) is 28.5 Å². The van der Waals surface area contributed by atoms with Crippen molar-refractivity contribution in [1.29, 1.82) is 0 Å². The molecule has 7 heteroatoms. The van der Waals surface area contributed by atoms with Gasteiger partial charge in [0.15, 0.2) is 5.17 Å². The Bertz CT molecular complexity index is 1150. The summed E-state index contributed by atoms with van der Waals surface area (Å²) in [7, 11) is 7.40. The number of ether oxygens (including phenoxy) is 1. The number of likely N-dealkylation sites (N-methyl/N-ethyl adjacent to an activating group) is 1. The molecule has 0 aliphatic carbocycles. The molecular weight excluding hydrogens is 408 g/mol. The lowest BCUT2D eigenvalue weighted by Crippen LogP contribution is -2.23. The second kappa shape index (κ2) is 8.73. The first kappa shape index (κ1) is 20.8. The van der Waals surface area contributed by atoms with E-state index >= 15 is 0 Å². The molecule has 31 heavy (non-hydrogen) atoms. The summed E-state index contributed by atoms with van der Waals surface area (Å²) in [5.41, 5.74) is 3.84. The smallest absolute Gasteiger partial charge is 0.266 e. The van der Waals surface area contributed by atoms with Gasteiger partial charge in [0, 0.05) is 44.4 Å². The van der Waals surface area contributed by atoms with Crippen LogP contribution >= 0.6 is 11.8 Å². The molecule has 1 fully saturated rings. The third-order valence-corrected chi connectivity index (χ3v) is 6.06. The fourth-order valence-corrected chi connectivity index (χ4v) is 4.18. The molecule has 1 amide bonds. The number of aromatic nitrogens is 1. The number of amidine groups is 1. The van der Waals surface area contributed by atoms with E-state index in [1.165, 1.54) is 11.8 Å². The van der Waals surface area contributed by atoms with Crippen molar-refractivity contribution in [3.63, 3.8) is 0 Å².